The molecule has 0 spiro atoms. The van der Waals surface area contributed by atoms with Gasteiger partial charge in [0.15, 0.2) is 8.24 Å². The van der Waals surface area contributed by atoms with E-state index in [1.165, 1.54) is 5.69 Å². The molecular formula is C25H49NO3Si2. The molecule has 0 heterocycles. The molecular weight excluding hydrogens is 418 g/mol. The summed E-state index contributed by atoms with van der Waals surface area (Å²) in [6.07, 6.45) is 2.19. The Morgan fingerprint density at radius 3 is 1.55 bits per heavy atom. The Balaban J connectivity index is 3.10. The average molecular weight is 468 g/mol. The Hall–Kier alpha value is -0.666. The lowest BCUT2D eigenvalue weighted by Gasteiger charge is -2.52. The number of rotatable bonds is 16. The summed E-state index contributed by atoms with van der Waals surface area (Å²) in [5.41, 5.74) is 3.41. The molecule has 1 aromatic carbocycles. The third-order valence-corrected chi connectivity index (χ3v) is 16.6. The molecule has 0 unspecified atom stereocenters. The fraction of sp³-hybridized carbons (Fsp3) is 0.760. The van der Waals surface area contributed by atoms with E-state index in [2.05, 4.69) is 76.4 Å². The van der Waals surface area contributed by atoms with Crippen LogP contribution in [0, 0.1) is 0 Å². The number of benzene rings is 1. The first-order valence-corrected chi connectivity index (χ1v) is 16.6. The molecule has 0 radical (unpaired) electrons. The number of hydrogen-bond acceptors (Lipinski definition) is 4. The van der Waals surface area contributed by atoms with E-state index in [1.807, 2.05) is 20.8 Å². The molecule has 0 aliphatic carbocycles. The van der Waals surface area contributed by atoms with Crippen molar-refractivity contribution in [2.75, 3.05) is 30.9 Å². The molecule has 0 aromatic heterocycles. The molecule has 0 bridgehead atoms. The van der Waals surface area contributed by atoms with Gasteiger partial charge in [-0.15, -0.1) is 0 Å². The third kappa shape index (κ3) is 7.16. The van der Waals surface area contributed by atoms with Crippen LogP contribution in [0.15, 0.2) is 30.3 Å². The van der Waals surface area contributed by atoms with Crippen molar-refractivity contribution in [2.24, 2.45) is 0 Å². The molecule has 6 heteroatoms. The van der Waals surface area contributed by atoms with Gasteiger partial charge in [0.25, 0.3) is 0 Å². The first-order valence-electron chi connectivity index (χ1n) is 12.5. The van der Waals surface area contributed by atoms with Gasteiger partial charge in [-0.2, -0.15) is 0 Å². The quantitative estimate of drug-likeness (QED) is 0.186. The van der Waals surface area contributed by atoms with Gasteiger partial charge in [0.1, 0.15) is 0 Å². The third-order valence-electron chi connectivity index (χ3n) is 6.52. The lowest BCUT2D eigenvalue weighted by atomic mass is 10.3. The highest BCUT2D eigenvalue weighted by Crippen LogP contribution is 2.46. The summed E-state index contributed by atoms with van der Waals surface area (Å²) in [6.45, 7) is 23.8. The maximum Gasteiger partial charge on any atom is 0.500 e. The highest BCUT2D eigenvalue weighted by atomic mass is 28.4. The van der Waals surface area contributed by atoms with E-state index in [1.54, 1.807) is 0 Å². The molecule has 31 heavy (non-hydrogen) atoms. The number of para-hydroxylation sites is 1. The Bertz CT molecular complexity index is 557. The SMILES string of the molecule is CCO[Si](CCCCN(c1ccccc1)[Si](C(C)C)(C(C)C)C(C)C)(OCC)OCC. The molecule has 0 saturated heterocycles. The van der Waals surface area contributed by atoms with Crippen LogP contribution in [0.4, 0.5) is 5.69 Å². The summed E-state index contributed by atoms with van der Waals surface area (Å²) in [6, 6.07) is 12.0. The molecule has 1 rings (SSSR count). The second-order valence-electron chi connectivity index (χ2n) is 9.28. The van der Waals surface area contributed by atoms with E-state index < -0.39 is 17.0 Å². The van der Waals surface area contributed by atoms with Crippen molar-refractivity contribution in [2.45, 2.75) is 97.8 Å². The maximum absolute atomic E-state index is 6.07. The van der Waals surface area contributed by atoms with Gasteiger partial charge in [-0.3, -0.25) is 0 Å². The van der Waals surface area contributed by atoms with Crippen LogP contribution in [0.2, 0.25) is 22.7 Å². The van der Waals surface area contributed by atoms with E-state index in [9.17, 15) is 0 Å². The Morgan fingerprint density at radius 2 is 1.16 bits per heavy atom. The zero-order chi connectivity index (χ0) is 23.5. The topological polar surface area (TPSA) is 30.9 Å². The number of nitrogens with zero attached hydrogens (tertiary/aromatic N) is 1. The van der Waals surface area contributed by atoms with Crippen molar-refractivity contribution < 1.29 is 13.3 Å². The van der Waals surface area contributed by atoms with Crippen molar-refractivity contribution in [1.82, 2.24) is 0 Å². The Kier molecular flexibility index (Phi) is 12.6. The lowest BCUT2D eigenvalue weighted by molar-refractivity contribution is 0.0707. The van der Waals surface area contributed by atoms with E-state index in [-0.39, 0.29) is 0 Å². The van der Waals surface area contributed by atoms with Gasteiger partial charge < -0.3 is 17.8 Å². The average Bonchev–Trinajstić information content (AvgIpc) is 2.70. The van der Waals surface area contributed by atoms with E-state index in [0.717, 1.165) is 25.4 Å². The normalized spacial score (nSPS) is 12.9. The van der Waals surface area contributed by atoms with Gasteiger partial charge in [-0.05, 0) is 62.4 Å². The van der Waals surface area contributed by atoms with Crippen LogP contribution in [0.5, 0.6) is 0 Å². The summed E-state index contributed by atoms with van der Waals surface area (Å²) in [5, 5.41) is 0. The summed E-state index contributed by atoms with van der Waals surface area (Å²) < 4.78 is 21.1. The lowest BCUT2D eigenvalue weighted by Crippen LogP contribution is -2.61. The molecule has 4 nitrogen and oxygen atoms in total. The predicted molar refractivity (Wildman–Crippen MR) is 140 cm³/mol. The minimum Gasteiger partial charge on any atom is -0.396 e. The van der Waals surface area contributed by atoms with Crippen molar-refractivity contribution in [3.05, 3.63) is 30.3 Å². The van der Waals surface area contributed by atoms with Gasteiger partial charge in [0.2, 0.25) is 0 Å². The van der Waals surface area contributed by atoms with Crippen LogP contribution in [0.3, 0.4) is 0 Å². The van der Waals surface area contributed by atoms with Crippen LogP contribution in [-0.4, -0.2) is 43.4 Å². The van der Waals surface area contributed by atoms with Crippen molar-refractivity contribution >= 4 is 22.7 Å². The molecule has 0 N–H and O–H groups in total. The van der Waals surface area contributed by atoms with Gasteiger partial charge in [0.05, 0.1) is 0 Å². The summed E-state index contributed by atoms with van der Waals surface area (Å²) in [4.78, 5) is 0. The van der Waals surface area contributed by atoms with Crippen LogP contribution >= 0.6 is 0 Å². The predicted octanol–water partition coefficient (Wildman–Crippen LogP) is 7.50. The largest absolute Gasteiger partial charge is 0.500 e. The Morgan fingerprint density at radius 1 is 0.710 bits per heavy atom. The second-order valence-corrected chi connectivity index (χ2v) is 17.8. The van der Waals surface area contributed by atoms with E-state index >= 15 is 0 Å². The second kappa shape index (κ2) is 13.8. The number of hydrogen-bond donors (Lipinski definition) is 0. The van der Waals surface area contributed by atoms with Crippen molar-refractivity contribution in [3.63, 3.8) is 0 Å². The van der Waals surface area contributed by atoms with Crippen LogP contribution < -0.4 is 4.57 Å². The molecule has 0 atom stereocenters. The smallest absolute Gasteiger partial charge is 0.396 e. The summed E-state index contributed by atoms with van der Waals surface area (Å²) in [7, 11) is -4.35. The van der Waals surface area contributed by atoms with E-state index in [0.29, 0.717) is 36.4 Å². The first kappa shape index (κ1) is 28.4. The highest BCUT2D eigenvalue weighted by Gasteiger charge is 2.48. The fourth-order valence-corrected chi connectivity index (χ4v) is 15.4. The summed E-state index contributed by atoms with van der Waals surface area (Å²) in [5.74, 6) is 0. The maximum atomic E-state index is 6.07. The van der Waals surface area contributed by atoms with Crippen molar-refractivity contribution in [1.29, 1.82) is 0 Å². The molecule has 180 valence electrons. The van der Waals surface area contributed by atoms with Crippen molar-refractivity contribution in [3.8, 4) is 0 Å². The van der Waals surface area contributed by atoms with Crippen LogP contribution in [0.25, 0.3) is 0 Å². The zero-order valence-corrected chi connectivity index (χ0v) is 23.7. The highest BCUT2D eigenvalue weighted by molar-refractivity contribution is 6.86. The van der Waals surface area contributed by atoms with E-state index in [4.69, 9.17) is 13.3 Å². The number of anilines is 1. The van der Waals surface area contributed by atoms with Gasteiger partial charge in [-0.25, -0.2) is 0 Å². The zero-order valence-electron chi connectivity index (χ0n) is 21.7. The van der Waals surface area contributed by atoms with Crippen LogP contribution in [-0.2, 0) is 13.3 Å². The molecule has 0 amide bonds. The summed E-state index contributed by atoms with van der Waals surface area (Å²) >= 11 is 0. The fourth-order valence-electron chi connectivity index (χ4n) is 5.70. The Labute approximate surface area is 195 Å². The molecule has 0 aliphatic rings. The van der Waals surface area contributed by atoms with Gasteiger partial charge >= 0.3 is 8.80 Å². The molecule has 0 saturated carbocycles. The minimum absolute atomic E-state index is 0.645. The monoisotopic (exact) mass is 467 g/mol. The van der Waals surface area contributed by atoms with Crippen LogP contribution in [0.1, 0.15) is 75.2 Å². The molecule has 1 aromatic rings. The minimum atomic E-state index is -2.57. The number of unbranched alkanes of at least 4 members (excludes halogenated alkanes) is 1. The first-order chi connectivity index (χ1) is 14.7. The van der Waals surface area contributed by atoms with Gasteiger partial charge in [-0.1, -0.05) is 59.7 Å². The molecule has 0 aliphatic heterocycles. The molecule has 0 fully saturated rings. The van der Waals surface area contributed by atoms with Gasteiger partial charge in [0, 0.05) is 38.1 Å². The standard InChI is InChI=1S/C25H49NO3Si2/c1-10-27-30(28-11-2,29-12-3)21-17-16-20-26(25-18-14-13-15-19-25)31(22(4)5,23(6)7)24(8)9/h13-15,18-19,22-24H,10-12,16-17,20-21H2,1-9H3.